The summed E-state index contributed by atoms with van der Waals surface area (Å²) < 4.78 is 0. The molecule has 0 fully saturated rings. The molecular formula is C16H20N2S. The maximum absolute atomic E-state index is 4.48. The van der Waals surface area contributed by atoms with E-state index < -0.39 is 0 Å². The van der Waals surface area contributed by atoms with E-state index in [9.17, 15) is 0 Å². The van der Waals surface area contributed by atoms with Crippen molar-refractivity contribution in [2.45, 2.75) is 45.2 Å². The highest BCUT2D eigenvalue weighted by Gasteiger charge is 2.19. The molecule has 2 nitrogen and oxygen atoms in total. The first-order valence-electron chi connectivity index (χ1n) is 7.11. The largest absolute Gasteiger partial charge is 0.304 e. The summed E-state index contributed by atoms with van der Waals surface area (Å²) in [5.41, 5.74) is 3.00. The molecule has 1 atom stereocenters. The van der Waals surface area contributed by atoms with Crippen LogP contribution in [0.5, 0.6) is 0 Å². The van der Waals surface area contributed by atoms with E-state index in [1.54, 1.807) is 0 Å². The Hall–Kier alpha value is -1.19. The van der Waals surface area contributed by atoms with Crippen LogP contribution in [0.3, 0.4) is 0 Å². The maximum Gasteiger partial charge on any atom is 0.107 e. The minimum atomic E-state index is 0.499. The van der Waals surface area contributed by atoms with Gasteiger partial charge in [-0.05, 0) is 36.8 Å². The van der Waals surface area contributed by atoms with Crippen LogP contribution in [0.1, 0.15) is 46.8 Å². The Balaban J connectivity index is 1.68. The number of nitrogens with one attached hydrogen (secondary N) is 1. The first-order valence-corrected chi connectivity index (χ1v) is 7.93. The molecule has 1 unspecified atom stereocenters. The zero-order valence-electron chi connectivity index (χ0n) is 11.4. The van der Waals surface area contributed by atoms with Gasteiger partial charge in [0.1, 0.15) is 5.01 Å². The van der Waals surface area contributed by atoms with Gasteiger partial charge in [-0.25, -0.2) is 4.98 Å². The molecule has 1 aliphatic carbocycles. The number of hydrogen-bond donors (Lipinski definition) is 1. The minimum absolute atomic E-state index is 0.499. The normalized spacial score (nSPS) is 18.3. The number of nitrogens with zero attached hydrogens (tertiary/aromatic N) is 1. The van der Waals surface area contributed by atoms with Gasteiger partial charge in [0, 0.05) is 23.7 Å². The van der Waals surface area contributed by atoms with E-state index in [0.717, 1.165) is 13.0 Å². The van der Waals surface area contributed by atoms with Crippen molar-refractivity contribution in [1.29, 1.82) is 0 Å². The predicted molar refractivity (Wildman–Crippen MR) is 80.5 cm³/mol. The second-order valence-corrected chi connectivity index (χ2v) is 6.30. The van der Waals surface area contributed by atoms with Crippen LogP contribution in [0, 0.1) is 0 Å². The quantitative estimate of drug-likeness (QED) is 0.914. The van der Waals surface area contributed by atoms with Crippen LogP contribution in [0.4, 0.5) is 0 Å². The summed E-state index contributed by atoms with van der Waals surface area (Å²) in [7, 11) is 0. The lowest BCUT2D eigenvalue weighted by Crippen LogP contribution is -2.24. The topological polar surface area (TPSA) is 24.9 Å². The molecule has 1 aliphatic rings. The average Bonchev–Trinajstić information content (AvgIpc) is 2.93. The van der Waals surface area contributed by atoms with E-state index in [4.69, 9.17) is 0 Å². The third kappa shape index (κ3) is 2.88. The van der Waals surface area contributed by atoms with E-state index in [1.807, 2.05) is 17.5 Å². The van der Waals surface area contributed by atoms with Gasteiger partial charge in [0.25, 0.3) is 0 Å². The monoisotopic (exact) mass is 272 g/mol. The molecule has 3 heteroatoms. The molecule has 0 amide bonds. The Kier molecular flexibility index (Phi) is 3.95. The van der Waals surface area contributed by atoms with Crippen LogP contribution in [0.15, 0.2) is 30.5 Å². The molecule has 1 heterocycles. The highest BCUT2D eigenvalue weighted by Crippen LogP contribution is 2.29. The van der Waals surface area contributed by atoms with Crippen molar-refractivity contribution in [3.05, 3.63) is 51.5 Å². The Labute approximate surface area is 118 Å². The fraction of sp³-hybridized carbons (Fsp3) is 0.438. The lowest BCUT2D eigenvalue weighted by atomic mass is 9.88. The first kappa shape index (κ1) is 12.8. The Morgan fingerprint density at radius 3 is 3.11 bits per heavy atom. The smallest absolute Gasteiger partial charge is 0.107 e. The average molecular weight is 272 g/mol. The van der Waals surface area contributed by atoms with Gasteiger partial charge < -0.3 is 5.32 Å². The zero-order valence-corrected chi connectivity index (χ0v) is 12.2. The third-order valence-electron chi connectivity index (χ3n) is 3.82. The van der Waals surface area contributed by atoms with Gasteiger partial charge in [0.2, 0.25) is 0 Å². The van der Waals surface area contributed by atoms with Crippen molar-refractivity contribution in [3.8, 4) is 0 Å². The van der Waals surface area contributed by atoms with Gasteiger partial charge >= 0.3 is 0 Å². The predicted octanol–water partition coefficient (Wildman–Crippen LogP) is 3.87. The molecule has 3 rings (SSSR count). The molecule has 0 saturated carbocycles. The van der Waals surface area contributed by atoms with Crippen LogP contribution < -0.4 is 5.32 Å². The van der Waals surface area contributed by atoms with E-state index in [1.165, 1.54) is 40.3 Å². The SMILES string of the molecule is CCc1cnc(CNC2CCCc3ccccc32)s1. The standard InChI is InChI=1S/C16H20N2S/c1-2-13-10-18-16(19-13)11-17-15-9-5-7-12-6-3-4-8-14(12)15/h3-4,6,8,10,15,17H,2,5,7,9,11H2,1H3. The van der Waals surface area contributed by atoms with Gasteiger partial charge in [-0.2, -0.15) is 0 Å². The molecule has 0 aliphatic heterocycles. The first-order chi connectivity index (χ1) is 9.36. The lowest BCUT2D eigenvalue weighted by molar-refractivity contribution is 0.458. The van der Waals surface area contributed by atoms with Crippen molar-refractivity contribution < 1.29 is 0 Å². The molecule has 0 bridgehead atoms. The van der Waals surface area contributed by atoms with Crippen LogP contribution >= 0.6 is 11.3 Å². The fourth-order valence-corrected chi connectivity index (χ4v) is 3.58. The van der Waals surface area contributed by atoms with Crippen LogP contribution in [-0.4, -0.2) is 4.98 Å². The molecule has 2 aromatic rings. The molecule has 19 heavy (non-hydrogen) atoms. The summed E-state index contributed by atoms with van der Waals surface area (Å²) in [4.78, 5) is 5.86. The number of thiazole rings is 1. The van der Waals surface area contributed by atoms with E-state index in [0.29, 0.717) is 6.04 Å². The molecule has 0 saturated heterocycles. The van der Waals surface area contributed by atoms with E-state index in [2.05, 4.69) is 41.5 Å². The van der Waals surface area contributed by atoms with Gasteiger partial charge in [0.15, 0.2) is 0 Å². The third-order valence-corrected chi connectivity index (χ3v) is 4.96. The minimum Gasteiger partial charge on any atom is -0.304 e. The molecule has 0 spiro atoms. The van der Waals surface area contributed by atoms with Crippen molar-refractivity contribution in [2.75, 3.05) is 0 Å². The number of benzene rings is 1. The van der Waals surface area contributed by atoms with Crippen molar-refractivity contribution in [2.24, 2.45) is 0 Å². The van der Waals surface area contributed by atoms with Crippen molar-refractivity contribution in [1.82, 2.24) is 10.3 Å². The second-order valence-electron chi connectivity index (χ2n) is 5.10. The number of hydrogen-bond acceptors (Lipinski definition) is 3. The van der Waals surface area contributed by atoms with E-state index in [-0.39, 0.29) is 0 Å². The summed E-state index contributed by atoms with van der Waals surface area (Å²) in [5.74, 6) is 0. The Morgan fingerprint density at radius 2 is 2.26 bits per heavy atom. The number of aromatic nitrogens is 1. The lowest BCUT2D eigenvalue weighted by Gasteiger charge is -2.26. The summed E-state index contributed by atoms with van der Waals surface area (Å²) in [6.45, 7) is 3.08. The van der Waals surface area contributed by atoms with Crippen molar-refractivity contribution in [3.63, 3.8) is 0 Å². The highest BCUT2D eigenvalue weighted by molar-refractivity contribution is 7.11. The van der Waals surface area contributed by atoms with Crippen LogP contribution in [0.25, 0.3) is 0 Å². The summed E-state index contributed by atoms with van der Waals surface area (Å²) >= 11 is 1.83. The van der Waals surface area contributed by atoms with Crippen LogP contribution in [-0.2, 0) is 19.4 Å². The van der Waals surface area contributed by atoms with Crippen molar-refractivity contribution >= 4 is 11.3 Å². The van der Waals surface area contributed by atoms with Gasteiger partial charge in [-0.15, -0.1) is 11.3 Å². The Morgan fingerprint density at radius 1 is 1.37 bits per heavy atom. The molecule has 100 valence electrons. The Bertz CT molecular complexity index is 547. The second kappa shape index (κ2) is 5.85. The molecule has 1 aromatic heterocycles. The van der Waals surface area contributed by atoms with Gasteiger partial charge in [0.05, 0.1) is 0 Å². The zero-order chi connectivity index (χ0) is 13.1. The van der Waals surface area contributed by atoms with E-state index >= 15 is 0 Å². The highest BCUT2D eigenvalue weighted by atomic mass is 32.1. The number of aryl methyl sites for hydroxylation is 2. The van der Waals surface area contributed by atoms with Gasteiger partial charge in [-0.1, -0.05) is 31.2 Å². The molecular weight excluding hydrogens is 252 g/mol. The van der Waals surface area contributed by atoms with Gasteiger partial charge in [-0.3, -0.25) is 0 Å². The molecule has 0 radical (unpaired) electrons. The fourth-order valence-electron chi connectivity index (χ4n) is 2.77. The number of rotatable bonds is 4. The van der Waals surface area contributed by atoms with Crippen LogP contribution in [0.2, 0.25) is 0 Å². The maximum atomic E-state index is 4.48. The summed E-state index contributed by atoms with van der Waals surface area (Å²) in [6, 6.07) is 9.33. The summed E-state index contributed by atoms with van der Waals surface area (Å²) in [5, 5.41) is 4.89. The molecule has 1 N–H and O–H groups in total. The summed E-state index contributed by atoms with van der Waals surface area (Å²) in [6.07, 6.45) is 6.85. The number of fused-ring (bicyclic) bond motifs is 1. The molecule has 1 aromatic carbocycles.